The summed E-state index contributed by atoms with van der Waals surface area (Å²) in [6.45, 7) is 4.59. The molecule has 0 saturated carbocycles. The van der Waals surface area contributed by atoms with Gasteiger partial charge in [0.1, 0.15) is 0 Å². The molecule has 0 aliphatic heterocycles. The highest BCUT2D eigenvalue weighted by atomic mass is 32.9. The van der Waals surface area contributed by atoms with Crippen molar-refractivity contribution in [2.24, 2.45) is 0 Å². The van der Waals surface area contributed by atoms with E-state index in [-0.39, 0.29) is 6.61 Å². The molecule has 1 aromatic rings. The molecule has 1 rings (SSSR count). The Morgan fingerprint density at radius 1 is 1.41 bits per heavy atom. The summed E-state index contributed by atoms with van der Waals surface area (Å²) in [6, 6.07) is 6.92. The van der Waals surface area contributed by atoms with E-state index in [0.29, 0.717) is 30.8 Å². The molecule has 1 aromatic carbocycles. The summed E-state index contributed by atoms with van der Waals surface area (Å²) < 4.78 is 15.7. The molecule has 0 aliphatic carbocycles. The number of benzene rings is 1. The zero-order valence-electron chi connectivity index (χ0n) is 12.4. The molecule has 5 nitrogen and oxygen atoms in total. The smallest absolute Gasteiger partial charge is 0.338 e. The maximum atomic E-state index is 11.9. The van der Waals surface area contributed by atoms with Crippen LogP contribution in [0.15, 0.2) is 18.2 Å². The Balaban J connectivity index is 2.38. The van der Waals surface area contributed by atoms with Crippen LogP contribution >= 0.6 is 17.9 Å². The zero-order chi connectivity index (χ0) is 16.6. The maximum Gasteiger partial charge on any atom is 0.338 e. The highest BCUT2D eigenvalue weighted by molar-refractivity contribution is 8.60. The van der Waals surface area contributed by atoms with Crippen LogP contribution in [0.1, 0.15) is 34.8 Å². The Labute approximate surface area is 140 Å². The molecule has 0 saturated heterocycles. The summed E-state index contributed by atoms with van der Waals surface area (Å²) in [5, 5.41) is 8.95. The van der Waals surface area contributed by atoms with Gasteiger partial charge in [0.05, 0.1) is 37.0 Å². The summed E-state index contributed by atoms with van der Waals surface area (Å²) >= 11 is 9.19. The second-order valence-corrected chi connectivity index (χ2v) is 9.64. The minimum atomic E-state index is -2.48. The van der Waals surface area contributed by atoms with Gasteiger partial charge in [-0.3, -0.25) is 0 Å². The minimum absolute atomic E-state index is 0.198. The summed E-state index contributed by atoms with van der Waals surface area (Å²) in [5.41, 5.74) is -0.836. The van der Waals surface area contributed by atoms with Gasteiger partial charge in [-0.25, -0.2) is 4.79 Å². The van der Waals surface area contributed by atoms with Crippen LogP contribution in [-0.4, -0.2) is 25.8 Å². The molecule has 0 aliphatic rings. The highest BCUT2D eigenvalue weighted by Crippen LogP contribution is 2.53. The third kappa shape index (κ3) is 6.47. The first kappa shape index (κ1) is 19.1. The Kier molecular flexibility index (Phi) is 8.08. The molecule has 0 fully saturated rings. The van der Waals surface area contributed by atoms with Crippen LogP contribution in [0.4, 0.5) is 0 Å². The van der Waals surface area contributed by atoms with Gasteiger partial charge in [0.2, 0.25) is 5.69 Å². The second-order valence-electron chi connectivity index (χ2n) is 4.35. The van der Waals surface area contributed by atoms with Crippen molar-refractivity contribution < 1.29 is 18.6 Å². The Hall–Kier alpha value is -0.900. The predicted octanol–water partition coefficient (Wildman–Crippen LogP) is 3.62. The second kappa shape index (κ2) is 9.29. The molecule has 0 bridgehead atoms. The predicted molar refractivity (Wildman–Crippen MR) is 91.6 cm³/mol. The Morgan fingerprint density at radius 3 is 2.77 bits per heavy atom. The average Bonchev–Trinajstić information content (AvgIpc) is 2.47. The molecule has 0 N–H and O–H groups in total. The molecule has 0 heterocycles. The first-order valence-electron chi connectivity index (χ1n) is 6.69. The van der Waals surface area contributed by atoms with Crippen molar-refractivity contribution in [1.29, 1.82) is 5.26 Å². The summed E-state index contributed by atoms with van der Waals surface area (Å²) in [4.78, 5) is 11.9. The molecule has 22 heavy (non-hydrogen) atoms. The van der Waals surface area contributed by atoms with Crippen LogP contribution < -0.4 is 0 Å². The average molecular weight is 359 g/mol. The van der Waals surface area contributed by atoms with Gasteiger partial charge >= 0.3 is 5.97 Å². The van der Waals surface area contributed by atoms with E-state index in [4.69, 9.17) is 30.9 Å². The summed E-state index contributed by atoms with van der Waals surface area (Å²) in [6.07, 6.45) is 0.495. The third-order valence-electron chi connectivity index (χ3n) is 2.66. The van der Waals surface area contributed by atoms with Crippen molar-refractivity contribution in [3.05, 3.63) is 34.9 Å². The van der Waals surface area contributed by atoms with Gasteiger partial charge < -0.3 is 13.8 Å². The molecule has 8 heteroatoms. The van der Waals surface area contributed by atoms with Crippen LogP contribution in [0.5, 0.6) is 0 Å². The third-order valence-corrected chi connectivity index (χ3v) is 5.08. The lowest BCUT2D eigenvalue weighted by atomic mass is 10.1. The van der Waals surface area contributed by atoms with Gasteiger partial charge in [0.15, 0.2) is 0 Å². The number of aryl methyl sites for hydroxylation is 1. The van der Waals surface area contributed by atoms with Crippen LogP contribution in [0.3, 0.4) is 0 Å². The fraction of sp³-hybridized carbons (Fsp3) is 0.429. The fourth-order valence-corrected chi connectivity index (χ4v) is 3.45. The van der Waals surface area contributed by atoms with E-state index >= 15 is 0 Å². The number of carbonyl (C=O) groups excluding carboxylic acids is 1. The molecule has 0 amide bonds. The van der Waals surface area contributed by atoms with E-state index in [2.05, 4.69) is 12.2 Å². The van der Waals surface area contributed by atoms with Gasteiger partial charge in [-0.15, -0.1) is 0 Å². The molecular formula is C14H18NO4PS2. The molecule has 0 spiro atoms. The van der Waals surface area contributed by atoms with Crippen molar-refractivity contribution in [1.82, 2.24) is 0 Å². The number of carbonyl (C=O) groups is 1. The lowest BCUT2D eigenvalue weighted by Gasteiger charge is -2.15. The molecule has 120 valence electrons. The van der Waals surface area contributed by atoms with Crippen LogP contribution in [0.2, 0.25) is 0 Å². The number of hydrogen-bond donors (Lipinski definition) is 1. The van der Waals surface area contributed by atoms with Crippen molar-refractivity contribution in [3.63, 3.8) is 0 Å². The van der Waals surface area contributed by atoms with Crippen molar-refractivity contribution in [2.75, 3.05) is 19.8 Å². The van der Waals surface area contributed by atoms with Crippen LogP contribution in [-0.2, 0) is 25.6 Å². The largest absolute Gasteiger partial charge is 0.462 e. The SMILES string of the molecule is CCOP(=S)(S)OCCCOC(=O)c1ccc(C)c(C#N)c1. The molecule has 0 radical (unpaired) electrons. The van der Waals surface area contributed by atoms with Crippen molar-refractivity contribution in [3.8, 4) is 6.07 Å². The van der Waals surface area contributed by atoms with E-state index in [1.807, 2.05) is 19.9 Å². The number of hydrogen-bond acceptors (Lipinski definition) is 6. The first-order valence-corrected chi connectivity index (χ1v) is 10.5. The standard InChI is InChI=1S/C14H18NO4PS2/c1-3-18-20(21,22)19-8-4-7-17-14(16)12-6-5-11(2)13(9-12)10-15/h5-6,9H,3-4,7-8H2,1-2H3,(H,21,22). The van der Waals surface area contributed by atoms with Gasteiger partial charge in [-0.05, 0) is 43.4 Å². The van der Waals surface area contributed by atoms with E-state index < -0.39 is 11.7 Å². The Bertz CT molecular complexity index is 615. The fourth-order valence-electron chi connectivity index (χ4n) is 1.56. The van der Waals surface area contributed by atoms with Crippen molar-refractivity contribution >= 4 is 35.7 Å². The van der Waals surface area contributed by atoms with E-state index in [9.17, 15) is 4.79 Å². The monoisotopic (exact) mass is 359 g/mol. The quantitative estimate of drug-likeness (QED) is 0.331. The topological polar surface area (TPSA) is 68.6 Å². The molecule has 1 atom stereocenters. The van der Waals surface area contributed by atoms with Gasteiger partial charge in [0, 0.05) is 6.42 Å². The van der Waals surface area contributed by atoms with E-state index in [0.717, 1.165) is 5.56 Å². The van der Waals surface area contributed by atoms with Crippen molar-refractivity contribution in [2.45, 2.75) is 20.3 Å². The normalized spacial score (nSPS) is 13.2. The summed E-state index contributed by atoms with van der Waals surface area (Å²) in [7, 11) is 0. The summed E-state index contributed by atoms with van der Waals surface area (Å²) in [5.74, 6) is -0.466. The highest BCUT2D eigenvalue weighted by Gasteiger charge is 2.12. The molecule has 1 unspecified atom stereocenters. The first-order chi connectivity index (χ1) is 10.4. The number of rotatable bonds is 8. The Morgan fingerprint density at radius 2 is 2.14 bits per heavy atom. The number of ether oxygens (including phenoxy) is 1. The lowest BCUT2D eigenvalue weighted by Crippen LogP contribution is -2.08. The zero-order valence-corrected chi connectivity index (χ0v) is 15.0. The van der Waals surface area contributed by atoms with Gasteiger partial charge in [0.25, 0.3) is 0 Å². The number of esters is 1. The molecule has 0 aromatic heterocycles. The maximum absolute atomic E-state index is 11.9. The van der Waals surface area contributed by atoms with E-state index in [1.165, 1.54) is 6.07 Å². The van der Waals surface area contributed by atoms with E-state index in [1.54, 1.807) is 12.1 Å². The van der Waals surface area contributed by atoms with Crippen LogP contribution in [0.25, 0.3) is 0 Å². The van der Waals surface area contributed by atoms with Crippen LogP contribution in [0, 0.1) is 18.3 Å². The number of nitriles is 1. The van der Waals surface area contributed by atoms with Gasteiger partial charge in [-0.2, -0.15) is 5.26 Å². The number of nitrogens with zero attached hydrogens (tertiary/aromatic N) is 1. The lowest BCUT2D eigenvalue weighted by molar-refractivity contribution is 0.0486. The molecular weight excluding hydrogens is 341 g/mol. The minimum Gasteiger partial charge on any atom is -0.462 e. The van der Waals surface area contributed by atoms with Gasteiger partial charge in [-0.1, -0.05) is 18.3 Å². The number of thiol groups is 1.